The molecule has 1 N–H and O–H groups in total. The van der Waals surface area contributed by atoms with Gasteiger partial charge in [0.2, 0.25) is 0 Å². The predicted octanol–water partition coefficient (Wildman–Crippen LogP) is 5.05. The number of hydrogen-bond acceptors (Lipinski definition) is 4. The maximum absolute atomic E-state index is 11.0. The minimum atomic E-state index is -0.430. The van der Waals surface area contributed by atoms with Gasteiger partial charge in [-0.1, -0.05) is 12.1 Å². The molecular formula is C19H17IN4O2. The van der Waals surface area contributed by atoms with E-state index in [0.29, 0.717) is 5.69 Å². The first-order valence-electron chi connectivity index (χ1n) is 7.95. The lowest BCUT2D eigenvalue weighted by molar-refractivity contribution is -0.384. The highest BCUT2D eigenvalue weighted by molar-refractivity contribution is 14.1. The first-order chi connectivity index (χ1) is 12.5. The van der Waals surface area contributed by atoms with E-state index in [1.54, 1.807) is 24.4 Å². The van der Waals surface area contributed by atoms with Crippen molar-refractivity contribution < 1.29 is 4.92 Å². The van der Waals surface area contributed by atoms with Crippen molar-refractivity contribution in [1.82, 2.24) is 4.57 Å². The molecule has 0 bridgehead atoms. The molecule has 0 radical (unpaired) electrons. The molecule has 26 heavy (non-hydrogen) atoms. The molecule has 0 unspecified atom stereocenters. The van der Waals surface area contributed by atoms with Crippen LogP contribution < -0.4 is 5.43 Å². The molecule has 1 aromatic heterocycles. The zero-order valence-corrected chi connectivity index (χ0v) is 16.5. The van der Waals surface area contributed by atoms with E-state index < -0.39 is 4.92 Å². The zero-order valence-electron chi connectivity index (χ0n) is 14.3. The maximum Gasteiger partial charge on any atom is 0.294 e. The predicted molar refractivity (Wildman–Crippen MR) is 112 cm³/mol. The Morgan fingerprint density at radius 2 is 1.85 bits per heavy atom. The lowest BCUT2D eigenvalue weighted by Gasteiger charge is -2.09. The molecule has 0 aliphatic heterocycles. The zero-order chi connectivity index (χ0) is 18.7. The van der Waals surface area contributed by atoms with Crippen LogP contribution in [0.5, 0.6) is 0 Å². The minimum absolute atomic E-state index is 0.00555. The molecule has 0 atom stereocenters. The van der Waals surface area contributed by atoms with Crippen LogP contribution >= 0.6 is 22.6 Å². The molecule has 0 saturated carbocycles. The highest BCUT2D eigenvalue weighted by atomic mass is 127. The van der Waals surface area contributed by atoms with Crippen molar-refractivity contribution in [2.75, 3.05) is 5.43 Å². The second kappa shape index (κ2) is 7.69. The molecule has 6 nitrogen and oxygen atoms in total. The third-order valence-electron chi connectivity index (χ3n) is 4.04. The molecule has 3 aromatic rings. The third kappa shape index (κ3) is 3.77. The van der Waals surface area contributed by atoms with E-state index in [1.165, 1.54) is 9.64 Å². The van der Waals surface area contributed by atoms with Gasteiger partial charge < -0.3 is 4.57 Å². The number of aromatic nitrogens is 1. The van der Waals surface area contributed by atoms with Crippen LogP contribution in [0.15, 0.2) is 59.7 Å². The smallest absolute Gasteiger partial charge is 0.294 e. The summed E-state index contributed by atoms with van der Waals surface area (Å²) in [7, 11) is 0. The average molecular weight is 460 g/mol. The first-order valence-corrected chi connectivity index (χ1v) is 9.02. The van der Waals surface area contributed by atoms with Gasteiger partial charge in [-0.25, -0.2) is 0 Å². The molecule has 0 saturated heterocycles. The van der Waals surface area contributed by atoms with Crippen LogP contribution in [0, 0.1) is 27.5 Å². The number of hydrazone groups is 1. The van der Waals surface area contributed by atoms with Gasteiger partial charge in [0.15, 0.2) is 0 Å². The summed E-state index contributed by atoms with van der Waals surface area (Å²) in [5.41, 5.74) is 7.31. The molecule has 0 spiro atoms. The Balaban J connectivity index is 1.85. The molecule has 0 aliphatic rings. The SMILES string of the molecule is Cc1cc(/C=N/Nc2ccccc2[N+](=O)[O-])c(C)n1-c1ccc(I)cc1. The summed E-state index contributed by atoms with van der Waals surface area (Å²) in [6.07, 6.45) is 1.68. The van der Waals surface area contributed by atoms with Crippen LogP contribution in [0.3, 0.4) is 0 Å². The van der Waals surface area contributed by atoms with E-state index in [4.69, 9.17) is 0 Å². The monoisotopic (exact) mass is 460 g/mol. The van der Waals surface area contributed by atoms with E-state index in [9.17, 15) is 10.1 Å². The van der Waals surface area contributed by atoms with Gasteiger partial charge in [0, 0.05) is 32.3 Å². The fourth-order valence-electron chi connectivity index (χ4n) is 2.80. The lowest BCUT2D eigenvalue weighted by atomic mass is 10.2. The molecule has 132 valence electrons. The van der Waals surface area contributed by atoms with Crippen molar-refractivity contribution in [3.8, 4) is 5.69 Å². The summed E-state index contributed by atoms with van der Waals surface area (Å²) in [6.45, 7) is 4.06. The average Bonchev–Trinajstić information content (AvgIpc) is 2.90. The third-order valence-corrected chi connectivity index (χ3v) is 4.76. The number of hydrogen-bond donors (Lipinski definition) is 1. The summed E-state index contributed by atoms with van der Waals surface area (Å²) in [4.78, 5) is 10.6. The van der Waals surface area contributed by atoms with Crippen LogP contribution in [0.2, 0.25) is 0 Å². The number of nitrogens with one attached hydrogen (secondary N) is 1. The van der Waals surface area contributed by atoms with E-state index in [1.807, 2.05) is 19.9 Å². The molecule has 3 rings (SSSR count). The van der Waals surface area contributed by atoms with E-state index >= 15 is 0 Å². The van der Waals surface area contributed by atoms with Gasteiger partial charge in [-0.3, -0.25) is 15.5 Å². The number of benzene rings is 2. The standard InChI is InChI=1S/C19H17IN4O2/c1-13-11-15(14(2)23(13)17-9-7-16(20)8-10-17)12-21-22-18-5-3-4-6-19(18)24(25)26/h3-12,22H,1-2H3/b21-12+. The first kappa shape index (κ1) is 18.1. The van der Waals surface area contributed by atoms with Crippen LogP contribution in [-0.4, -0.2) is 15.7 Å². The van der Waals surface area contributed by atoms with Crippen molar-refractivity contribution >= 4 is 40.2 Å². The van der Waals surface area contributed by atoms with Gasteiger partial charge >= 0.3 is 0 Å². The normalized spacial score (nSPS) is 11.0. The summed E-state index contributed by atoms with van der Waals surface area (Å²) in [5, 5.41) is 15.2. The fourth-order valence-corrected chi connectivity index (χ4v) is 3.16. The minimum Gasteiger partial charge on any atom is -0.318 e. The lowest BCUT2D eigenvalue weighted by Crippen LogP contribution is -2.00. The second-order valence-corrected chi connectivity index (χ2v) is 7.03. The Kier molecular flexibility index (Phi) is 5.36. The molecule has 0 aliphatic carbocycles. The molecule has 1 heterocycles. The molecule has 0 fully saturated rings. The Bertz CT molecular complexity index is 978. The van der Waals surface area contributed by atoms with Crippen molar-refractivity contribution in [3.63, 3.8) is 0 Å². The Morgan fingerprint density at radius 1 is 1.15 bits per heavy atom. The highest BCUT2D eigenvalue weighted by Crippen LogP contribution is 2.24. The van der Waals surface area contributed by atoms with Gasteiger partial charge in [0.25, 0.3) is 5.69 Å². The Labute approximate surface area is 164 Å². The second-order valence-electron chi connectivity index (χ2n) is 5.78. The van der Waals surface area contributed by atoms with Crippen molar-refractivity contribution in [3.05, 3.63) is 85.2 Å². The van der Waals surface area contributed by atoms with Crippen LogP contribution in [-0.2, 0) is 0 Å². The number of anilines is 1. The number of rotatable bonds is 5. The quantitative estimate of drug-likeness (QED) is 0.251. The molecule has 0 amide bonds. The molecule has 2 aromatic carbocycles. The largest absolute Gasteiger partial charge is 0.318 e. The van der Waals surface area contributed by atoms with E-state index in [2.05, 4.69) is 62.0 Å². The summed E-state index contributed by atoms with van der Waals surface area (Å²) in [5.74, 6) is 0. The fraction of sp³-hybridized carbons (Fsp3) is 0.105. The highest BCUT2D eigenvalue weighted by Gasteiger charge is 2.12. The molecule has 7 heteroatoms. The van der Waals surface area contributed by atoms with Crippen LogP contribution in [0.4, 0.5) is 11.4 Å². The van der Waals surface area contributed by atoms with Crippen LogP contribution in [0.1, 0.15) is 17.0 Å². The van der Waals surface area contributed by atoms with Crippen LogP contribution in [0.25, 0.3) is 5.69 Å². The number of nitro benzene ring substituents is 1. The number of nitrogens with zero attached hydrogens (tertiary/aromatic N) is 3. The van der Waals surface area contributed by atoms with Gasteiger partial charge in [0.1, 0.15) is 5.69 Å². The van der Waals surface area contributed by atoms with E-state index in [-0.39, 0.29) is 5.69 Å². The Morgan fingerprint density at radius 3 is 2.54 bits per heavy atom. The number of nitro groups is 1. The van der Waals surface area contributed by atoms with Crippen molar-refractivity contribution in [2.45, 2.75) is 13.8 Å². The Hall–Kier alpha value is -2.68. The van der Waals surface area contributed by atoms with E-state index in [0.717, 1.165) is 22.6 Å². The van der Waals surface area contributed by atoms with Gasteiger partial charge in [0.05, 0.1) is 11.1 Å². The van der Waals surface area contributed by atoms with Gasteiger partial charge in [-0.05, 0) is 72.8 Å². The topological polar surface area (TPSA) is 72.5 Å². The number of halogens is 1. The summed E-state index contributed by atoms with van der Waals surface area (Å²) >= 11 is 2.28. The van der Waals surface area contributed by atoms with Crippen molar-refractivity contribution in [1.29, 1.82) is 0 Å². The summed E-state index contributed by atoms with van der Waals surface area (Å²) < 4.78 is 3.34. The molecular weight excluding hydrogens is 443 g/mol. The maximum atomic E-state index is 11.0. The van der Waals surface area contributed by atoms with Crippen molar-refractivity contribution in [2.24, 2.45) is 5.10 Å². The van der Waals surface area contributed by atoms with Gasteiger partial charge in [-0.2, -0.15) is 5.10 Å². The van der Waals surface area contributed by atoms with Gasteiger partial charge in [-0.15, -0.1) is 0 Å². The summed E-state index contributed by atoms with van der Waals surface area (Å²) in [6, 6.07) is 16.8. The number of aryl methyl sites for hydroxylation is 1. The number of para-hydroxylation sites is 2.